The zero-order valence-corrected chi connectivity index (χ0v) is 15.9. The van der Waals surface area contributed by atoms with Gasteiger partial charge in [-0.3, -0.25) is 9.59 Å². The summed E-state index contributed by atoms with van der Waals surface area (Å²) in [5, 5.41) is 5.52. The van der Waals surface area contributed by atoms with Gasteiger partial charge in [-0.15, -0.1) is 0 Å². The van der Waals surface area contributed by atoms with Crippen LogP contribution in [-0.4, -0.2) is 30.7 Å². The van der Waals surface area contributed by atoms with Crippen LogP contribution in [0.3, 0.4) is 0 Å². The SMILES string of the molecule is CCNC(=O)COc1ccc(NC(=O)c2ccc(CSCC)cc2)cc1. The topological polar surface area (TPSA) is 67.4 Å². The van der Waals surface area contributed by atoms with Gasteiger partial charge < -0.3 is 15.4 Å². The Bertz CT molecular complexity index is 715. The number of carbonyl (C=O) groups is 2. The first-order valence-corrected chi connectivity index (χ1v) is 9.75. The molecule has 0 atom stereocenters. The van der Waals surface area contributed by atoms with E-state index in [1.165, 1.54) is 5.56 Å². The van der Waals surface area contributed by atoms with Gasteiger partial charge in [-0.1, -0.05) is 19.1 Å². The van der Waals surface area contributed by atoms with E-state index in [-0.39, 0.29) is 18.4 Å². The maximum Gasteiger partial charge on any atom is 0.257 e. The maximum absolute atomic E-state index is 12.3. The lowest BCUT2D eigenvalue weighted by molar-refractivity contribution is -0.122. The number of hydrogen-bond donors (Lipinski definition) is 2. The van der Waals surface area contributed by atoms with Crippen molar-refractivity contribution < 1.29 is 14.3 Å². The van der Waals surface area contributed by atoms with Crippen LogP contribution in [0.2, 0.25) is 0 Å². The highest BCUT2D eigenvalue weighted by atomic mass is 32.2. The average Bonchev–Trinajstić information content (AvgIpc) is 2.66. The zero-order valence-electron chi connectivity index (χ0n) is 15.1. The second-order valence-corrected chi connectivity index (χ2v) is 6.83. The Hall–Kier alpha value is -2.47. The van der Waals surface area contributed by atoms with E-state index in [4.69, 9.17) is 4.74 Å². The number of hydrogen-bond acceptors (Lipinski definition) is 4. The van der Waals surface area contributed by atoms with Gasteiger partial charge in [-0.25, -0.2) is 0 Å². The van der Waals surface area contributed by atoms with Crippen molar-refractivity contribution in [1.29, 1.82) is 0 Å². The van der Waals surface area contributed by atoms with Crippen LogP contribution in [0.25, 0.3) is 0 Å². The molecule has 2 amide bonds. The molecule has 0 fully saturated rings. The van der Waals surface area contributed by atoms with E-state index >= 15 is 0 Å². The molecule has 2 aromatic rings. The van der Waals surface area contributed by atoms with E-state index in [0.717, 1.165) is 11.5 Å². The molecule has 2 rings (SSSR count). The minimum Gasteiger partial charge on any atom is -0.484 e. The number of anilines is 1. The number of nitrogens with one attached hydrogen (secondary N) is 2. The molecule has 0 bridgehead atoms. The summed E-state index contributed by atoms with van der Waals surface area (Å²) in [5.41, 5.74) is 2.50. The molecule has 0 heterocycles. The minimum atomic E-state index is -0.161. The zero-order chi connectivity index (χ0) is 18.8. The van der Waals surface area contributed by atoms with Crippen molar-refractivity contribution in [2.24, 2.45) is 0 Å². The molecule has 26 heavy (non-hydrogen) atoms. The number of likely N-dealkylation sites (N-methyl/N-ethyl adjacent to an activating group) is 1. The van der Waals surface area contributed by atoms with Crippen LogP contribution < -0.4 is 15.4 Å². The molecule has 0 spiro atoms. The summed E-state index contributed by atoms with van der Waals surface area (Å²) in [7, 11) is 0. The summed E-state index contributed by atoms with van der Waals surface area (Å²) < 4.78 is 5.38. The molecule has 0 radical (unpaired) electrons. The monoisotopic (exact) mass is 372 g/mol. The number of carbonyl (C=O) groups excluding carboxylic acids is 2. The molecule has 6 heteroatoms. The number of rotatable bonds is 9. The Labute approximate surface area is 158 Å². The van der Waals surface area contributed by atoms with E-state index < -0.39 is 0 Å². The van der Waals surface area contributed by atoms with E-state index in [2.05, 4.69) is 17.6 Å². The number of benzene rings is 2. The van der Waals surface area contributed by atoms with Crippen LogP contribution in [-0.2, 0) is 10.5 Å². The van der Waals surface area contributed by atoms with E-state index in [1.54, 1.807) is 24.3 Å². The summed E-state index contributed by atoms with van der Waals surface area (Å²) in [5.74, 6) is 2.29. The molecule has 0 aliphatic rings. The number of ether oxygens (including phenoxy) is 1. The second kappa shape index (κ2) is 10.5. The summed E-state index contributed by atoms with van der Waals surface area (Å²) in [6.07, 6.45) is 0. The van der Waals surface area contributed by atoms with E-state index in [9.17, 15) is 9.59 Å². The Kier molecular flexibility index (Phi) is 8.02. The summed E-state index contributed by atoms with van der Waals surface area (Å²) in [6.45, 7) is 4.53. The molecule has 0 aliphatic carbocycles. The van der Waals surface area contributed by atoms with Crippen LogP contribution >= 0.6 is 11.8 Å². The lowest BCUT2D eigenvalue weighted by Crippen LogP contribution is -2.28. The third kappa shape index (κ3) is 6.44. The van der Waals surface area contributed by atoms with Crippen LogP contribution in [0.4, 0.5) is 5.69 Å². The molecular weight excluding hydrogens is 348 g/mol. The summed E-state index contributed by atoms with van der Waals surface area (Å²) in [6, 6.07) is 14.6. The Balaban J connectivity index is 1.87. The van der Waals surface area contributed by atoms with Crippen molar-refractivity contribution in [2.45, 2.75) is 19.6 Å². The summed E-state index contributed by atoms with van der Waals surface area (Å²) in [4.78, 5) is 23.7. The van der Waals surface area contributed by atoms with E-state index in [0.29, 0.717) is 23.5 Å². The minimum absolute atomic E-state index is 0.0256. The highest BCUT2D eigenvalue weighted by Gasteiger charge is 2.07. The van der Waals surface area contributed by atoms with Gasteiger partial charge >= 0.3 is 0 Å². The van der Waals surface area contributed by atoms with Gasteiger partial charge in [0.05, 0.1) is 0 Å². The normalized spacial score (nSPS) is 10.2. The van der Waals surface area contributed by atoms with Crippen molar-refractivity contribution >= 4 is 29.3 Å². The fraction of sp³-hybridized carbons (Fsp3) is 0.300. The average molecular weight is 372 g/mol. The van der Waals surface area contributed by atoms with E-state index in [1.807, 2.05) is 43.0 Å². The van der Waals surface area contributed by atoms with Gasteiger partial charge in [0, 0.05) is 23.5 Å². The van der Waals surface area contributed by atoms with Crippen LogP contribution in [0.1, 0.15) is 29.8 Å². The molecular formula is C20H24N2O3S. The van der Waals surface area contributed by atoms with Crippen LogP contribution in [0.15, 0.2) is 48.5 Å². The fourth-order valence-corrected chi connectivity index (χ4v) is 2.84. The molecule has 0 saturated heterocycles. The highest BCUT2D eigenvalue weighted by Crippen LogP contribution is 2.17. The van der Waals surface area contributed by atoms with Crippen molar-refractivity contribution in [1.82, 2.24) is 5.32 Å². The van der Waals surface area contributed by atoms with Crippen molar-refractivity contribution in [3.8, 4) is 5.75 Å². The van der Waals surface area contributed by atoms with Crippen molar-refractivity contribution in [3.05, 3.63) is 59.7 Å². The van der Waals surface area contributed by atoms with Crippen molar-refractivity contribution in [3.63, 3.8) is 0 Å². The second-order valence-electron chi connectivity index (χ2n) is 5.55. The smallest absolute Gasteiger partial charge is 0.257 e. The van der Waals surface area contributed by atoms with Crippen LogP contribution in [0, 0.1) is 0 Å². The standard InChI is InChI=1S/C20H24N2O3S/c1-3-21-19(23)13-25-18-11-9-17(10-12-18)22-20(24)16-7-5-15(6-8-16)14-26-4-2/h5-12H,3-4,13-14H2,1-2H3,(H,21,23)(H,22,24). The molecule has 0 saturated carbocycles. The fourth-order valence-electron chi connectivity index (χ4n) is 2.21. The largest absolute Gasteiger partial charge is 0.484 e. The van der Waals surface area contributed by atoms with Gasteiger partial charge in [-0.05, 0) is 54.6 Å². The first-order chi connectivity index (χ1) is 12.6. The molecule has 0 unspecified atom stereocenters. The first-order valence-electron chi connectivity index (χ1n) is 8.60. The lowest BCUT2D eigenvalue weighted by Gasteiger charge is -2.09. The lowest BCUT2D eigenvalue weighted by atomic mass is 10.1. The number of amides is 2. The van der Waals surface area contributed by atoms with Crippen LogP contribution in [0.5, 0.6) is 5.75 Å². The van der Waals surface area contributed by atoms with Gasteiger partial charge in [0.25, 0.3) is 11.8 Å². The van der Waals surface area contributed by atoms with Crippen molar-refractivity contribution in [2.75, 3.05) is 24.2 Å². The van der Waals surface area contributed by atoms with Gasteiger partial charge in [0.15, 0.2) is 6.61 Å². The summed E-state index contributed by atoms with van der Waals surface area (Å²) >= 11 is 1.85. The maximum atomic E-state index is 12.3. The molecule has 2 N–H and O–H groups in total. The molecule has 5 nitrogen and oxygen atoms in total. The quantitative estimate of drug-likeness (QED) is 0.704. The molecule has 2 aromatic carbocycles. The Morgan fingerprint density at radius 2 is 1.69 bits per heavy atom. The predicted molar refractivity (Wildman–Crippen MR) is 107 cm³/mol. The first kappa shape index (κ1) is 19.8. The van der Waals surface area contributed by atoms with Gasteiger partial charge in [0.2, 0.25) is 0 Å². The van der Waals surface area contributed by atoms with Gasteiger partial charge in [0.1, 0.15) is 5.75 Å². The van der Waals surface area contributed by atoms with Gasteiger partial charge in [-0.2, -0.15) is 11.8 Å². The number of thioether (sulfide) groups is 1. The Morgan fingerprint density at radius 1 is 1.00 bits per heavy atom. The predicted octanol–water partition coefficient (Wildman–Crippen LogP) is 3.71. The molecule has 0 aliphatic heterocycles. The molecule has 0 aromatic heterocycles. The molecule has 138 valence electrons. The third-order valence-electron chi connectivity index (χ3n) is 3.55. The highest BCUT2D eigenvalue weighted by molar-refractivity contribution is 7.98. The Morgan fingerprint density at radius 3 is 2.31 bits per heavy atom. The third-order valence-corrected chi connectivity index (χ3v) is 4.49.